The van der Waals surface area contributed by atoms with Crippen LogP contribution in [0.5, 0.6) is 0 Å². The molecule has 2 rings (SSSR count). The molecule has 1 unspecified atom stereocenters. The molecule has 1 atom stereocenters. The van der Waals surface area contributed by atoms with Crippen molar-refractivity contribution < 1.29 is 4.39 Å². The molecule has 1 aliphatic heterocycles. The smallest absolute Gasteiger partial charge is 0.127 e. The topological polar surface area (TPSA) is 0 Å². The maximum atomic E-state index is 13.0. The van der Waals surface area contributed by atoms with Gasteiger partial charge in [0.25, 0.3) is 0 Å². The molecule has 11 heavy (non-hydrogen) atoms. The lowest BCUT2D eigenvalue weighted by atomic mass is 10.1. The van der Waals surface area contributed by atoms with Crippen molar-refractivity contribution in [3.05, 3.63) is 35.1 Å². The van der Waals surface area contributed by atoms with E-state index in [-0.39, 0.29) is 15.3 Å². The Balaban J connectivity index is 2.57. The summed E-state index contributed by atoms with van der Waals surface area (Å²) in [5.74, 6) is 1.57. The Hall–Kier alpha value is -0.280. The number of benzene rings is 1. The summed E-state index contributed by atoms with van der Waals surface area (Å²) in [6.45, 7) is 0. The molecule has 1 aliphatic rings. The van der Waals surface area contributed by atoms with Gasteiger partial charge in [-0.1, -0.05) is 23.3 Å². The largest absolute Gasteiger partial charge is 0.207 e. The van der Waals surface area contributed by atoms with Gasteiger partial charge in [-0.2, -0.15) is 0 Å². The van der Waals surface area contributed by atoms with Crippen LogP contribution in [0.15, 0.2) is 18.2 Å². The van der Waals surface area contributed by atoms with Crippen LogP contribution < -0.4 is 0 Å². The summed E-state index contributed by atoms with van der Waals surface area (Å²) >= 11 is 5.13. The number of halogens is 1. The van der Waals surface area contributed by atoms with Crippen molar-refractivity contribution in [3.8, 4) is 0 Å². The van der Waals surface area contributed by atoms with Crippen molar-refractivity contribution in [3.63, 3.8) is 0 Å². The summed E-state index contributed by atoms with van der Waals surface area (Å²) in [5.41, 5.74) is 1.97. The van der Waals surface area contributed by atoms with Crippen LogP contribution in [0, 0.1) is 5.82 Å². The Morgan fingerprint density at radius 2 is 2.18 bits per heavy atom. The Morgan fingerprint density at radius 3 is 2.91 bits per heavy atom. The van der Waals surface area contributed by atoms with E-state index in [4.69, 9.17) is 11.2 Å². The van der Waals surface area contributed by atoms with Crippen molar-refractivity contribution in [1.29, 1.82) is 0 Å². The SMILES string of the molecule is Fc1cccc2c1CS(=S)C2. The zero-order valence-corrected chi connectivity index (χ0v) is 7.47. The first kappa shape index (κ1) is 7.37. The zero-order valence-electron chi connectivity index (χ0n) is 5.84. The lowest BCUT2D eigenvalue weighted by Crippen LogP contribution is -1.86. The lowest BCUT2D eigenvalue weighted by molar-refractivity contribution is 0.616. The van der Waals surface area contributed by atoms with E-state index in [1.165, 1.54) is 6.07 Å². The highest BCUT2D eigenvalue weighted by Crippen LogP contribution is 2.24. The van der Waals surface area contributed by atoms with Gasteiger partial charge in [-0.3, -0.25) is 0 Å². The van der Waals surface area contributed by atoms with Gasteiger partial charge >= 0.3 is 0 Å². The molecule has 0 bridgehead atoms. The summed E-state index contributed by atoms with van der Waals surface area (Å²) in [5, 5.41) is 0. The number of hydrogen-bond donors (Lipinski definition) is 0. The average molecular weight is 186 g/mol. The van der Waals surface area contributed by atoms with Gasteiger partial charge in [0.1, 0.15) is 5.82 Å². The third kappa shape index (κ3) is 1.23. The standard InChI is InChI=1S/C8H7FS2/c9-8-3-1-2-6-4-11(10)5-7(6)8/h1-3H,4-5H2. The van der Waals surface area contributed by atoms with Crippen LogP contribution in [0.1, 0.15) is 11.1 Å². The zero-order chi connectivity index (χ0) is 7.84. The van der Waals surface area contributed by atoms with E-state index in [9.17, 15) is 4.39 Å². The van der Waals surface area contributed by atoms with Crippen LogP contribution in [0.4, 0.5) is 4.39 Å². The first-order valence-corrected chi connectivity index (χ1v) is 5.87. The van der Waals surface area contributed by atoms with Crippen LogP contribution in [0.2, 0.25) is 0 Å². The van der Waals surface area contributed by atoms with Gasteiger partial charge in [0.2, 0.25) is 0 Å². The number of hydrogen-bond acceptors (Lipinski definition) is 1. The van der Waals surface area contributed by atoms with E-state index in [2.05, 4.69) is 0 Å². The normalized spacial score (nSPS) is 21.7. The second-order valence-corrected chi connectivity index (χ2v) is 5.48. The molecule has 0 radical (unpaired) electrons. The Kier molecular flexibility index (Phi) is 1.77. The molecule has 0 saturated heterocycles. The second-order valence-electron chi connectivity index (χ2n) is 2.61. The van der Waals surface area contributed by atoms with Crippen LogP contribution in [0.3, 0.4) is 0 Å². The van der Waals surface area contributed by atoms with E-state index < -0.39 is 0 Å². The van der Waals surface area contributed by atoms with Crippen molar-refractivity contribution in [2.45, 2.75) is 11.5 Å². The summed E-state index contributed by atoms with van der Waals surface area (Å²) in [6.07, 6.45) is 0. The van der Waals surface area contributed by atoms with E-state index in [1.807, 2.05) is 6.07 Å². The van der Waals surface area contributed by atoms with Crippen LogP contribution in [0.25, 0.3) is 0 Å². The fraction of sp³-hybridized carbons (Fsp3) is 0.250. The van der Waals surface area contributed by atoms with Gasteiger partial charge in [0, 0.05) is 17.1 Å². The maximum absolute atomic E-state index is 13.0. The molecule has 0 spiro atoms. The van der Waals surface area contributed by atoms with E-state index in [1.54, 1.807) is 6.07 Å². The Bertz CT molecular complexity index is 320. The molecule has 0 aliphatic carbocycles. The van der Waals surface area contributed by atoms with E-state index >= 15 is 0 Å². The van der Waals surface area contributed by atoms with Gasteiger partial charge in [-0.25, -0.2) is 4.39 Å². The molecule has 58 valence electrons. The van der Waals surface area contributed by atoms with Gasteiger partial charge in [-0.15, -0.1) is 9.45 Å². The quantitative estimate of drug-likeness (QED) is 0.596. The molecule has 0 saturated carbocycles. The first-order valence-electron chi connectivity index (χ1n) is 3.38. The maximum Gasteiger partial charge on any atom is 0.127 e. The van der Waals surface area contributed by atoms with E-state index in [0.29, 0.717) is 0 Å². The highest BCUT2D eigenvalue weighted by molar-refractivity contribution is 8.28. The lowest BCUT2D eigenvalue weighted by Gasteiger charge is -1.96. The minimum absolute atomic E-state index is 0.0363. The minimum atomic E-state index is -0.0812. The second kappa shape index (κ2) is 2.64. The first-order chi connectivity index (χ1) is 5.27. The fourth-order valence-corrected chi connectivity index (χ4v) is 3.38. The predicted octanol–water partition coefficient (Wildman–Crippen LogP) is 1.92. The highest BCUT2D eigenvalue weighted by atomic mass is 32.8. The summed E-state index contributed by atoms with van der Waals surface area (Å²) in [4.78, 5) is 0. The molecule has 0 N–H and O–H groups in total. The molecule has 0 amide bonds. The van der Waals surface area contributed by atoms with Crippen molar-refractivity contribution in [2.75, 3.05) is 0 Å². The Morgan fingerprint density at radius 1 is 1.36 bits per heavy atom. The van der Waals surface area contributed by atoms with Crippen molar-refractivity contribution in [2.24, 2.45) is 0 Å². The van der Waals surface area contributed by atoms with Crippen LogP contribution in [-0.4, -0.2) is 0 Å². The molecule has 1 heterocycles. The molecule has 0 nitrogen and oxygen atoms in total. The third-order valence-electron chi connectivity index (χ3n) is 1.84. The Labute approximate surface area is 72.0 Å². The van der Waals surface area contributed by atoms with E-state index in [0.717, 1.165) is 22.6 Å². The number of rotatable bonds is 0. The minimum Gasteiger partial charge on any atom is -0.207 e. The fourth-order valence-electron chi connectivity index (χ4n) is 1.29. The van der Waals surface area contributed by atoms with Crippen LogP contribution >= 0.6 is 0 Å². The molecule has 0 aromatic heterocycles. The van der Waals surface area contributed by atoms with Gasteiger partial charge < -0.3 is 0 Å². The summed E-state index contributed by atoms with van der Waals surface area (Å²) in [7, 11) is -0.0363. The molecule has 1 aromatic carbocycles. The third-order valence-corrected chi connectivity index (χ3v) is 3.79. The van der Waals surface area contributed by atoms with Crippen molar-refractivity contribution in [1.82, 2.24) is 0 Å². The van der Waals surface area contributed by atoms with Crippen molar-refractivity contribution >= 4 is 20.6 Å². The number of fused-ring (bicyclic) bond motifs is 1. The molecule has 1 aromatic rings. The molecular weight excluding hydrogens is 179 g/mol. The highest BCUT2D eigenvalue weighted by Gasteiger charge is 2.16. The van der Waals surface area contributed by atoms with Gasteiger partial charge in [0.05, 0.1) is 0 Å². The molecule has 3 heteroatoms. The molecule has 0 fully saturated rings. The van der Waals surface area contributed by atoms with Gasteiger partial charge in [-0.05, 0) is 11.6 Å². The monoisotopic (exact) mass is 186 g/mol. The van der Waals surface area contributed by atoms with Gasteiger partial charge in [0.15, 0.2) is 0 Å². The predicted molar refractivity (Wildman–Crippen MR) is 48.5 cm³/mol. The average Bonchev–Trinajstić information content (AvgIpc) is 2.31. The summed E-state index contributed by atoms with van der Waals surface area (Å²) < 4.78 is 13.0. The summed E-state index contributed by atoms with van der Waals surface area (Å²) in [6, 6.07) is 5.24. The molecular formula is C8H7FS2. The van der Waals surface area contributed by atoms with Crippen LogP contribution in [-0.2, 0) is 32.1 Å².